The molecule has 2 aliphatic heterocycles. The van der Waals surface area contributed by atoms with Crippen molar-refractivity contribution in [2.75, 3.05) is 0 Å². The predicted octanol–water partition coefficient (Wildman–Crippen LogP) is 16.2. The van der Waals surface area contributed by atoms with E-state index in [-0.39, 0.29) is 34.3 Å². The summed E-state index contributed by atoms with van der Waals surface area (Å²) in [6.07, 6.45) is 30.6. The Morgan fingerprint density at radius 1 is 0.844 bits per heavy atom. The molecule has 0 bridgehead atoms. The van der Waals surface area contributed by atoms with Crippen LogP contribution in [-0.2, 0) is 17.3 Å². The van der Waals surface area contributed by atoms with Crippen molar-refractivity contribution in [3.63, 3.8) is 0 Å². The van der Waals surface area contributed by atoms with Crippen molar-refractivity contribution in [2.24, 2.45) is 40.9 Å². The zero-order chi connectivity index (χ0) is 46.3. The Morgan fingerprint density at radius 3 is 2.23 bits per heavy atom. The maximum absolute atomic E-state index is 7.03. The second-order valence-corrected chi connectivity index (χ2v) is 29.9. The molecule has 1 N–H and O–H groups in total. The number of ether oxygens (including phenoxy) is 1. The van der Waals surface area contributed by atoms with Crippen molar-refractivity contribution >= 4 is 8.07 Å². The van der Waals surface area contributed by atoms with Crippen LogP contribution in [0, 0.1) is 40.9 Å². The van der Waals surface area contributed by atoms with E-state index in [1.807, 2.05) is 0 Å². The van der Waals surface area contributed by atoms with Gasteiger partial charge in [0, 0.05) is 34.8 Å². The lowest BCUT2D eigenvalue weighted by atomic mass is 9.74. The molecule has 0 aromatic heterocycles. The first-order valence-corrected chi connectivity index (χ1v) is 29.1. The third kappa shape index (κ3) is 8.75. The summed E-state index contributed by atoms with van der Waals surface area (Å²) >= 11 is 0. The molecule has 1 fully saturated rings. The van der Waals surface area contributed by atoms with E-state index in [9.17, 15) is 0 Å². The highest BCUT2D eigenvalue weighted by atomic mass is 28.3. The average molecular weight is 876 g/mol. The second kappa shape index (κ2) is 17.3. The quantitative estimate of drug-likeness (QED) is 0.200. The fourth-order valence-electron chi connectivity index (χ4n) is 12.9. The minimum Gasteiger partial charge on any atom is -0.485 e. The Hall–Kier alpha value is -3.56. The van der Waals surface area contributed by atoms with Crippen LogP contribution in [0.25, 0.3) is 0 Å². The largest absolute Gasteiger partial charge is 0.485 e. The standard InChI is InChI=1S/C61H85NOSi/c1-17-42-30-43(41(7)37(2)3)24-25-62-48(31-46-33-57-54(36-52(42)46)51-21-18-44(32-56(51)63-57)45-27-38(4)26-39(5)28-45)35-58-60(11,12)61(58,13)55-23-19-47(59(8,9)10)34-53(55)50-22-20-49(29-40(50)6)64(14,15)16/h18-26,29-30,32-34,36-38,40-42,45,48,50-51,56,58,62H,17,27-28,31,35H2,1-16H3/b25-24-,43-30+/t38?,40?,41?,42?,45?,48?,50?,51-,56?,58?,61+/m1/s1. The first kappa shape index (κ1) is 46.9. The molecule has 2 nitrogen and oxygen atoms in total. The van der Waals surface area contributed by atoms with Crippen LogP contribution in [0.15, 0.2) is 113 Å². The first-order valence-electron chi connectivity index (χ1n) is 25.6. The monoisotopic (exact) mass is 876 g/mol. The van der Waals surface area contributed by atoms with E-state index in [2.05, 4.69) is 206 Å². The van der Waals surface area contributed by atoms with E-state index in [1.165, 1.54) is 45.4 Å². The van der Waals surface area contributed by atoms with Crippen LogP contribution in [0.5, 0.6) is 5.75 Å². The van der Waals surface area contributed by atoms with Crippen LogP contribution in [0.3, 0.4) is 0 Å². The Kier molecular flexibility index (Phi) is 12.7. The zero-order valence-corrected chi connectivity index (χ0v) is 44.0. The molecule has 2 aromatic carbocycles. The smallest absolute Gasteiger partial charge is 0.128 e. The summed E-state index contributed by atoms with van der Waals surface area (Å²) in [4.78, 5) is 0. The molecule has 8 rings (SSSR count). The van der Waals surface area contributed by atoms with Gasteiger partial charge < -0.3 is 10.1 Å². The SMILES string of the molecule is CCC1/C=C(C(C)C(C)C)\C=C/NC(CC2C(C)(C)[C@@]2(C)c2ccc(C(C)(C)C)cc2C2C=CC([Si](C)(C)C)=CC2C)Cc2cc3c(cc21)[C@H]1C=CC(C2CC(C)=CC(C)C2)=CC1O3. The molecular formula is C61H85NOSi. The van der Waals surface area contributed by atoms with Crippen LogP contribution >= 0.6 is 0 Å². The van der Waals surface area contributed by atoms with Gasteiger partial charge in [-0.1, -0.05) is 180 Å². The average Bonchev–Trinajstić information content (AvgIpc) is 3.44. The number of nitrogens with one attached hydrogen (secondary N) is 1. The van der Waals surface area contributed by atoms with Gasteiger partial charge in [-0.2, -0.15) is 0 Å². The summed E-state index contributed by atoms with van der Waals surface area (Å²) in [6, 6.07) is 13.0. The minimum atomic E-state index is -1.41. The van der Waals surface area contributed by atoms with Gasteiger partial charge in [-0.25, -0.2) is 0 Å². The molecular weight excluding hydrogens is 791 g/mol. The third-order valence-electron chi connectivity index (χ3n) is 17.7. The molecule has 4 aliphatic carbocycles. The Morgan fingerprint density at radius 2 is 1.58 bits per heavy atom. The molecule has 2 aromatic rings. The summed E-state index contributed by atoms with van der Waals surface area (Å²) in [5, 5.41) is 5.68. The molecule has 1 saturated carbocycles. The lowest BCUT2D eigenvalue weighted by molar-refractivity contribution is 0.265. The van der Waals surface area contributed by atoms with Crippen molar-refractivity contribution in [1.29, 1.82) is 0 Å². The van der Waals surface area contributed by atoms with Gasteiger partial charge in [0.05, 0.1) is 8.07 Å². The van der Waals surface area contributed by atoms with E-state index in [0.717, 1.165) is 31.4 Å². The molecule has 64 heavy (non-hydrogen) atoms. The van der Waals surface area contributed by atoms with E-state index < -0.39 is 8.07 Å². The molecule has 0 spiro atoms. The molecule has 0 saturated heterocycles. The zero-order valence-electron chi connectivity index (χ0n) is 43.0. The van der Waals surface area contributed by atoms with E-state index in [4.69, 9.17) is 4.74 Å². The lowest BCUT2D eigenvalue weighted by Crippen LogP contribution is -2.30. The number of fused-ring (bicyclic) bond motifs is 4. The van der Waals surface area contributed by atoms with Gasteiger partial charge in [0.25, 0.3) is 0 Å². The highest BCUT2D eigenvalue weighted by Crippen LogP contribution is 2.72. The van der Waals surface area contributed by atoms with Gasteiger partial charge in [-0.15, -0.1) is 0 Å². The van der Waals surface area contributed by atoms with Crippen molar-refractivity contribution in [2.45, 2.75) is 182 Å². The fourth-order valence-corrected chi connectivity index (χ4v) is 14.3. The Bertz CT molecular complexity index is 2330. The molecule has 11 atom stereocenters. The number of benzene rings is 2. The molecule has 3 heteroatoms. The number of rotatable bonds is 9. The van der Waals surface area contributed by atoms with Gasteiger partial charge in [0.15, 0.2) is 0 Å². The maximum atomic E-state index is 7.03. The maximum Gasteiger partial charge on any atom is 0.128 e. The van der Waals surface area contributed by atoms with Crippen molar-refractivity contribution in [3.05, 3.63) is 147 Å². The summed E-state index contributed by atoms with van der Waals surface area (Å²) in [5.41, 5.74) is 13.7. The minimum absolute atomic E-state index is 0.0549. The fraction of sp³-hybridized carbons (Fsp3) is 0.574. The van der Waals surface area contributed by atoms with Crippen LogP contribution in [0.1, 0.15) is 167 Å². The summed E-state index contributed by atoms with van der Waals surface area (Å²) < 4.78 is 7.03. The summed E-state index contributed by atoms with van der Waals surface area (Å²) in [5.74, 6) is 5.35. The molecule has 9 unspecified atom stereocenters. The van der Waals surface area contributed by atoms with Crippen LogP contribution in [-0.4, -0.2) is 20.2 Å². The van der Waals surface area contributed by atoms with Crippen LogP contribution < -0.4 is 10.1 Å². The van der Waals surface area contributed by atoms with Crippen LogP contribution in [0.2, 0.25) is 19.6 Å². The normalized spacial score (nSPS) is 33.9. The first-order chi connectivity index (χ1) is 30.0. The molecule has 6 aliphatic rings. The number of hydrogen-bond donors (Lipinski definition) is 1. The highest BCUT2D eigenvalue weighted by molar-refractivity contribution is 6.83. The molecule has 2 heterocycles. The lowest BCUT2D eigenvalue weighted by Gasteiger charge is -2.33. The van der Waals surface area contributed by atoms with E-state index in [1.54, 1.807) is 16.3 Å². The number of allylic oxidation sites excluding steroid dienone is 11. The second-order valence-electron chi connectivity index (χ2n) is 24.8. The Balaban J connectivity index is 1.15. The van der Waals surface area contributed by atoms with Gasteiger partial charge in [0.2, 0.25) is 0 Å². The van der Waals surface area contributed by atoms with Gasteiger partial charge in [-0.3, -0.25) is 0 Å². The topological polar surface area (TPSA) is 21.3 Å². The summed E-state index contributed by atoms with van der Waals surface area (Å²) in [7, 11) is -1.41. The van der Waals surface area contributed by atoms with Crippen molar-refractivity contribution in [3.8, 4) is 5.75 Å². The van der Waals surface area contributed by atoms with Crippen molar-refractivity contribution in [1.82, 2.24) is 5.32 Å². The van der Waals surface area contributed by atoms with Crippen LogP contribution in [0.4, 0.5) is 0 Å². The Labute approximate surface area is 392 Å². The third-order valence-corrected chi connectivity index (χ3v) is 19.8. The van der Waals surface area contributed by atoms with E-state index >= 15 is 0 Å². The molecule has 0 radical (unpaired) electrons. The predicted molar refractivity (Wildman–Crippen MR) is 278 cm³/mol. The highest BCUT2D eigenvalue weighted by Gasteiger charge is 2.69. The van der Waals surface area contributed by atoms with E-state index in [0.29, 0.717) is 47.3 Å². The summed E-state index contributed by atoms with van der Waals surface area (Å²) in [6.45, 7) is 39.0. The van der Waals surface area contributed by atoms with Crippen molar-refractivity contribution < 1.29 is 4.74 Å². The van der Waals surface area contributed by atoms with Gasteiger partial charge >= 0.3 is 0 Å². The van der Waals surface area contributed by atoms with Gasteiger partial charge in [-0.05, 0) is 149 Å². The molecule has 344 valence electrons. The van der Waals surface area contributed by atoms with Gasteiger partial charge in [0.1, 0.15) is 11.9 Å². The molecule has 0 amide bonds. The number of hydrogen-bond acceptors (Lipinski definition) is 2.